The van der Waals surface area contributed by atoms with Gasteiger partial charge in [0.05, 0.1) is 23.2 Å². The van der Waals surface area contributed by atoms with Crippen molar-refractivity contribution in [2.45, 2.75) is 39.7 Å². The van der Waals surface area contributed by atoms with E-state index in [0.717, 1.165) is 41.4 Å². The maximum absolute atomic E-state index is 12.4. The number of piperidine rings is 1. The summed E-state index contributed by atoms with van der Waals surface area (Å²) in [5.74, 6) is -0.0846. The van der Waals surface area contributed by atoms with E-state index in [-0.39, 0.29) is 17.9 Å². The SMILES string of the molecule is CCc1nc(C)c(CNC(=O)[C@H]2CCCN(C(=O)N(C)C)C2)s1. The molecule has 2 heterocycles. The molecule has 1 saturated heterocycles. The summed E-state index contributed by atoms with van der Waals surface area (Å²) in [5, 5.41) is 4.12. The van der Waals surface area contributed by atoms with Crippen molar-refractivity contribution in [2.75, 3.05) is 27.2 Å². The van der Waals surface area contributed by atoms with Gasteiger partial charge in [0.15, 0.2) is 0 Å². The van der Waals surface area contributed by atoms with Gasteiger partial charge in [0.25, 0.3) is 0 Å². The highest BCUT2D eigenvalue weighted by Crippen LogP contribution is 2.20. The van der Waals surface area contributed by atoms with E-state index in [9.17, 15) is 9.59 Å². The van der Waals surface area contributed by atoms with Crippen LogP contribution in [-0.2, 0) is 17.8 Å². The average Bonchev–Trinajstić information content (AvgIpc) is 2.92. The molecule has 3 amide bonds. The third-order valence-electron chi connectivity index (χ3n) is 4.11. The van der Waals surface area contributed by atoms with E-state index in [1.807, 2.05) is 6.92 Å². The summed E-state index contributed by atoms with van der Waals surface area (Å²) < 4.78 is 0. The molecule has 0 unspecified atom stereocenters. The van der Waals surface area contributed by atoms with Gasteiger partial charge < -0.3 is 15.1 Å². The monoisotopic (exact) mass is 338 g/mol. The highest BCUT2D eigenvalue weighted by atomic mass is 32.1. The molecule has 1 atom stereocenters. The van der Waals surface area contributed by atoms with Crippen LogP contribution in [0.4, 0.5) is 4.79 Å². The molecule has 1 aliphatic heterocycles. The van der Waals surface area contributed by atoms with Gasteiger partial charge in [0.1, 0.15) is 0 Å². The molecule has 23 heavy (non-hydrogen) atoms. The summed E-state index contributed by atoms with van der Waals surface area (Å²) >= 11 is 1.66. The summed E-state index contributed by atoms with van der Waals surface area (Å²) in [6.45, 7) is 5.83. The van der Waals surface area contributed by atoms with Crippen molar-refractivity contribution < 1.29 is 9.59 Å². The lowest BCUT2D eigenvalue weighted by molar-refractivity contribution is -0.126. The Morgan fingerprint density at radius 1 is 1.43 bits per heavy atom. The number of thiazole rings is 1. The third kappa shape index (κ3) is 4.43. The lowest BCUT2D eigenvalue weighted by Crippen LogP contribution is -2.48. The topological polar surface area (TPSA) is 65.5 Å². The van der Waals surface area contributed by atoms with Crippen LogP contribution in [0, 0.1) is 12.8 Å². The zero-order valence-electron chi connectivity index (χ0n) is 14.4. The Kier molecular flexibility index (Phi) is 5.98. The smallest absolute Gasteiger partial charge is 0.319 e. The van der Waals surface area contributed by atoms with E-state index in [0.29, 0.717) is 13.1 Å². The molecular weight excluding hydrogens is 312 g/mol. The van der Waals surface area contributed by atoms with Gasteiger partial charge in [-0.3, -0.25) is 4.79 Å². The fourth-order valence-electron chi connectivity index (χ4n) is 2.76. The van der Waals surface area contributed by atoms with Crippen molar-refractivity contribution in [3.8, 4) is 0 Å². The Bertz CT molecular complexity index is 570. The number of nitrogens with zero attached hydrogens (tertiary/aromatic N) is 3. The number of urea groups is 1. The van der Waals surface area contributed by atoms with E-state index < -0.39 is 0 Å². The molecule has 128 valence electrons. The third-order valence-corrected chi connectivity index (χ3v) is 5.41. The first-order chi connectivity index (χ1) is 10.9. The first-order valence-electron chi connectivity index (χ1n) is 8.11. The molecule has 0 spiro atoms. The summed E-state index contributed by atoms with van der Waals surface area (Å²) in [6.07, 6.45) is 2.63. The van der Waals surface area contributed by atoms with Crippen LogP contribution in [0.5, 0.6) is 0 Å². The molecule has 0 bridgehead atoms. The second-order valence-electron chi connectivity index (χ2n) is 6.15. The summed E-state index contributed by atoms with van der Waals surface area (Å²) in [6, 6.07) is -0.0200. The average molecular weight is 338 g/mol. The number of amides is 3. The van der Waals surface area contributed by atoms with Crippen LogP contribution in [0.3, 0.4) is 0 Å². The lowest BCUT2D eigenvalue weighted by atomic mass is 9.97. The van der Waals surface area contributed by atoms with E-state index in [4.69, 9.17) is 0 Å². The fraction of sp³-hybridized carbons (Fsp3) is 0.688. The molecule has 6 nitrogen and oxygen atoms in total. The number of aromatic nitrogens is 1. The molecule has 1 fully saturated rings. The number of hydrogen-bond acceptors (Lipinski definition) is 4. The largest absolute Gasteiger partial charge is 0.351 e. The molecule has 2 rings (SSSR count). The van der Waals surface area contributed by atoms with Gasteiger partial charge in [0, 0.05) is 32.1 Å². The summed E-state index contributed by atoms with van der Waals surface area (Å²) in [4.78, 5) is 33.4. The van der Waals surface area contributed by atoms with Crippen molar-refractivity contribution >= 4 is 23.3 Å². The second kappa shape index (κ2) is 7.77. The van der Waals surface area contributed by atoms with E-state index in [1.54, 1.807) is 35.2 Å². The predicted molar refractivity (Wildman–Crippen MR) is 91.5 cm³/mol. The van der Waals surface area contributed by atoms with Crippen LogP contribution >= 0.6 is 11.3 Å². The van der Waals surface area contributed by atoms with Crippen LogP contribution in [0.1, 0.15) is 35.3 Å². The van der Waals surface area contributed by atoms with Crippen LogP contribution < -0.4 is 5.32 Å². The normalized spacial score (nSPS) is 17.9. The van der Waals surface area contributed by atoms with Gasteiger partial charge in [-0.05, 0) is 26.2 Å². The van der Waals surface area contributed by atoms with Gasteiger partial charge in [-0.15, -0.1) is 11.3 Å². The number of rotatable bonds is 4. The number of aryl methyl sites for hydroxylation is 2. The number of likely N-dealkylation sites (tertiary alicyclic amines) is 1. The molecule has 1 aromatic rings. The molecule has 0 aliphatic carbocycles. The second-order valence-corrected chi connectivity index (χ2v) is 7.32. The van der Waals surface area contributed by atoms with E-state index >= 15 is 0 Å². The van der Waals surface area contributed by atoms with Crippen LogP contribution in [0.2, 0.25) is 0 Å². The Labute approximate surface area is 141 Å². The standard InChI is InChI=1S/C16H26N4O2S/c1-5-14-18-11(2)13(23-14)9-17-15(21)12-7-6-8-20(10-12)16(22)19(3)4/h12H,5-10H2,1-4H3,(H,17,21)/t12-/m0/s1. The van der Waals surface area contributed by atoms with Gasteiger partial charge in [-0.25, -0.2) is 9.78 Å². The van der Waals surface area contributed by atoms with Crippen LogP contribution in [-0.4, -0.2) is 53.9 Å². The minimum atomic E-state index is -0.119. The van der Waals surface area contributed by atoms with E-state index in [1.165, 1.54) is 0 Å². The summed E-state index contributed by atoms with van der Waals surface area (Å²) in [5.41, 5.74) is 1.00. The zero-order chi connectivity index (χ0) is 17.0. The molecule has 1 aliphatic rings. The van der Waals surface area contributed by atoms with Gasteiger partial charge in [0.2, 0.25) is 5.91 Å². The fourth-order valence-corrected chi connectivity index (χ4v) is 3.71. The number of carbonyl (C=O) groups is 2. The Balaban J connectivity index is 1.89. The molecule has 7 heteroatoms. The van der Waals surface area contributed by atoms with Gasteiger partial charge >= 0.3 is 6.03 Å². The minimum Gasteiger partial charge on any atom is -0.351 e. The van der Waals surface area contributed by atoms with Crippen LogP contribution in [0.25, 0.3) is 0 Å². The van der Waals surface area contributed by atoms with Crippen molar-refractivity contribution in [3.63, 3.8) is 0 Å². The Hall–Kier alpha value is -1.63. The molecular formula is C16H26N4O2S. The van der Waals surface area contributed by atoms with Crippen molar-refractivity contribution in [3.05, 3.63) is 15.6 Å². The first kappa shape index (κ1) is 17.7. The Morgan fingerprint density at radius 2 is 2.17 bits per heavy atom. The molecule has 1 aromatic heterocycles. The maximum Gasteiger partial charge on any atom is 0.319 e. The quantitative estimate of drug-likeness (QED) is 0.913. The predicted octanol–water partition coefficient (Wildman–Crippen LogP) is 2.02. The highest BCUT2D eigenvalue weighted by Gasteiger charge is 2.29. The van der Waals surface area contributed by atoms with Crippen molar-refractivity contribution in [1.82, 2.24) is 20.1 Å². The van der Waals surface area contributed by atoms with Gasteiger partial charge in [-0.2, -0.15) is 0 Å². The van der Waals surface area contributed by atoms with E-state index in [2.05, 4.69) is 17.2 Å². The molecule has 1 N–H and O–H groups in total. The minimum absolute atomic E-state index is 0.0200. The molecule has 0 saturated carbocycles. The highest BCUT2D eigenvalue weighted by molar-refractivity contribution is 7.11. The Morgan fingerprint density at radius 3 is 2.78 bits per heavy atom. The molecule has 0 radical (unpaired) electrons. The first-order valence-corrected chi connectivity index (χ1v) is 8.93. The zero-order valence-corrected chi connectivity index (χ0v) is 15.2. The van der Waals surface area contributed by atoms with Crippen LogP contribution in [0.15, 0.2) is 0 Å². The number of carbonyl (C=O) groups excluding carboxylic acids is 2. The van der Waals surface area contributed by atoms with Crippen molar-refractivity contribution in [1.29, 1.82) is 0 Å². The van der Waals surface area contributed by atoms with Crippen molar-refractivity contribution in [2.24, 2.45) is 5.92 Å². The maximum atomic E-state index is 12.4. The summed E-state index contributed by atoms with van der Waals surface area (Å²) in [7, 11) is 3.48. The lowest BCUT2D eigenvalue weighted by Gasteiger charge is -2.33. The number of nitrogens with one attached hydrogen (secondary N) is 1. The molecule has 0 aromatic carbocycles. The number of hydrogen-bond donors (Lipinski definition) is 1. The van der Waals surface area contributed by atoms with Gasteiger partial charge in [-0.1, -0.05) is 6.92 Å².